The first kappa shape index (κ1) is 22.1. The van der Waals surface area contributed by atoms with Gasteiger partial charge in [-0.3, -0.25) is 14.5 Å². The number of carbonyl (C=O) groups excluding carboxylic acids is 1. The highest BCUT2D eigenvalue weighted by molar-refractivity contribution is 6.31. The summed E-state index contributed by atoms with van der Waals surface area (Å²) in [5.74, 6) is -0.407. The molecule has 0 saturated carbocycles. The molecule has 30 heavy (non-hydrogen) atoms. The van der Waals surface area contributed by atoms with Gasteiger partial charge in [-0.1, -0.05) is 49.7 Å². The van der Waals surface area contributed by atoms with Crippen molar-refractivity contribution in [3.05, 3.63) is 80.2 Å². The van der Waals surface area contributed by atoms with Crippen molar-refractivity contribution in [2.24, 2.45) is 0 Å². The van der Waals surface area contributed by atoms with Crippen molar-refractivity contribution in [2.75, 3.05) is 19.6 Å². The number of hydrogen-bond acceptors (Lipinski definition) is 4. The molecule has 3 aromatic rings. The largest absolute Gasteiger partial charge is 0.450 e. The van der Waals surface area contributed by atoms with Crippen molar-refractivity contribution in [3.63, 3.8) is 0 Å². The van der Waals surface area contributed by atoms with Crippen molar-refractivity contribution >= 4 is 28.5 Å². The van der Waals surface area contributed by atoms with Gasteiger partial charge in [0, 0.05) is 17.6 Å². The van der Waals surface area contributed by atoms with Crippen LogP contribution in [0.15, 0.2) is 51.7 Å². The first-order valence-electron chi connectivity index (χ1n) is 10.2. The van der Waals surface area contributed by atoms with Crippen LogP contribution in [0.3, 0.4) is 0 Å². The normalized spacial score (nSPS) is 12.3. The summed E-state index contributed by atoms with van der Waals surface area (Å²) < 4.78 is 5.81. The van der Waals surface area contributed by atoms with Gasteiger partial charge >= 0.3 is 0 Å². The van der Waals surface area contributed by atoms with E-state index in [0.717, 1.165) is 29.8 Å². The molecule has 2 aromatic carbocycles. The Morgan fingerprint density at radius 2 is 1.83 bits per heavy atom. The van der Waals surface area contributed by atoms with E-state index in [-0.39, 0.29) is 17.2 Å². The van der Waals surface area contributed by atoms with Gasteiger partial charge in [0.15, 0.2) is 11.2 Å². The number of amides is 1. The molecule has 5 nitrogen and oxygen atoms in total. The number of likely N-dealkylation sites (N-methyl/N-ethyl adjacent to an activating group) is 1. The SMILES string of the molecule is CCN(CC)[C@@H](CNC(=O)c1cc(=O)c2cc(C)cc(C)c2o1)c1ccccc1Cl. The summed E-state index contributed by atoms with van der Waals surface area (Å²) in [4.78, 5) is 27.6. The summed E-state index contributed by atoms with van der Waals surface area (Å²) in [6, 6.07) is 12.5. The summed E-state index contributed by atoms with van der Waals surface area (Å²) in [5.41, 5.74) is 2.99. The number of carbonyl (C=O) groups is 1. The average molecular weight is 427 g/mol. The van der Waals surface area contributed by atoms with Crippen LogP contribution in [0.25, 0.3) is 11.0 Å². The van der Waals surface area contributed by atoms with Crippen molar-refractivity contribution in [2.45, 2.75) is 33.7 Å². The zero-order chi connectivity index (χ0) is 21.8. The predicted molar refractivity (Wildman–Crippen MR) is 121 cm³/mol. The summed E-state index contributed by atoms with van der Waals surface area (Å²) in [6.07, 6.45) is 0. The van der Waals surface area contributed by atoms with Gasteiger partial charge < -0.3 is 9.73 Å². The van der Waals surface area contributed by atoms with E-state index < -0.39 is 5.91 Å². The van der Waals surface area contributed by atoms with E-state index in [0.29, 0.717) is 22.5 Å². The molecule has 1 amide bonds. The van der Waals surface area contributed by atoms with Gasteiger partial charge in [0.1, 0.15) is 5.58 Å². The van der Waals surface area contributed by atoms with E-state index in [1.807, 2.05) is 44.2 Å². The third-order valence-corrected chi connectivity index (χ3v) is 5.70. The molecule has 6 heteroatoms. The number of fused-ring (bicyclic) bond motifs is 1. The van der Waals surface area contributed by atoms with Crippen molar-refractivity contribution in [1.82, 2.24) is 10.2 Å². The number of rotatable bonds is 7. The lowest BCUT2D eigenvalue weighted by molar-refractivity contribution is 0.0908. The lowest BCUT2D eigenvalue weighted by Gasteiger charge is -2.30. The molecule has 0 bridgehead atoms. The van der Waals surface area contributed by atoms with Crippen molar-refractivity contribution in [1.29, 1.82) is 0 Å². The van der Waals surface area contributed by atoms with E-state index in [9.17, 15) is 9.59 Å². The van der Waals surface area contributed by atoms with Gasteiger partial charge in [-0.25, -0.2) is 0 Å². The smallest absolute Gasteiger partial charge is 0.287 e. The van der Waals surface area contributed by atoms with Gasteiger partial charge in [-0.2, -0.15) is 0 Å². The van der Waals surface area contributed by atoms with Crippen molar-refractivity contribution < 1.29 is 9.21 Å². The molecular formula is C24H27ClN2O3. The Kier molecular flexibility index (Phi) is 6.95. The molecule has 0 saturated heterocycles. The average Bonchev–Trinajstić information content (AvgIpc) is 2.72. The second kappa shape index (κ2) is 9.45. The fourth-order valence-electron chi connectivity index (χ4n) is 3.84. The summed E-state index contributed by atoms with van der Waals surface area (Å²) in [7, 11) is 0. The molecule has 0 radical (unpaired) electrons. The molecule has 0 spiro atoms. The Morgan fingerprint density at radius 1 is 1.13 bits per heavy atom. The quantitative estimate of drug-likeness (QED) is 0.585. The summed E-state index contributed by atoms with van der Waals surface area (Å²) in [6.45, 7) is 9.91. The Balaban J connectivity index is 1.89. The predicted octanol–water partition coefficient (Wildman–Crippen LogP) is 4.88. The monoisotopic (exact) mass is 426 g/mol. The number of nitrogens with zero attached hydrogens (tertiary/aromatic N) is 1. The number of nitrogens with one attached hydrogen (secondary N) is 1. The minimum atomic E-state index is -0.418. The van der Waals surface area contributed by atoms with Crippen LogP contribution in [0.1, 0.15) is 47.1 Å². The number of hydrogen-bond donors (Lipinski definition) is 1. The third-order valence-electron chi connectivity index (χ3n) is 5.36. The molecule has 3 rings (SSSR count). The van der Waals surface area contributed by atoms with E-state index >= 15 is 0 Å². The van der Waals surface area contributed by atoms with Gasteiger partial charge in [0.25, 0.3) is 5.91 Å². The minimum Gasteiger partial charge on any atom is -0.450 e. The maximum atomic E-state index is 12.8. The van der Waals surface area contributed by atoms with E-state index in [2.05, 4.69) is 24.1 Å². The molecular weight excluding hydrogens is 400 g/mol. The summed E-state index contributed by atoms with van der Waals surface area (Å²) >= 11 is 6.43. The van der Waals surface area contributed by atoms with Gasteiger partial charge in [0.05, 0.1) is 11.4 Å². The lowest BCUT2D eigenvalue weighted by Crippen LogP contribution is -2.38. The van der Waals surface area contributed by atoms with Gasteiger partial charge in [-0.15, -0.1) is 0 Å². The molecule has 1 atom stereocenters. The Hall–Kier alpha value is -2.63. The Labute approximate surface area is 181 Å². The summed E-state index contributed by atoms with van der Waals surface area (Å²) in [5, 5.41) is 4.07. The van der Waals surface area contributed by atoms with Gasteiger partial charge in [0.2, 0.25) is 0 Å². The number of halogens is 1. The second-order valence-corrected chi connectivity index (χ2v) is 7.81. The maximum absolute atomic E-state index is 12.8. The zero-order valence-corrected chi connectivity index (χ0v) is 18.5. The van der Waals surface area contributed by atoms with Crippen molar-refractivity contribution in [3.8, 4) is 0 Å². The number of benzene rings is 2. The van der Waals surface area contributed by atoms with Crippen LogP contribution in [0.2, 0.25) is 5.02 Å². The third kappa shape index (κ3) is 4.58. The van der Waals surface area contributed by atoms with Crippen LogP contribution in [0, 0.1) is 13.8 Å². The molecule has 158 valence electrons. The highest BCUT2D eigenvalue weighted by Crippen LogP contribution is 2.27. The molecule has 0 unspecified atom stereocenters. The zero-order valence-electron chi connectivity index (χ0n) is 17.8. The van der Waals surface area contributed by atoms with E-state index in [4.69, 9.17) is 16.0 Å². The van der Waals surface area contributed by atoms with Crippen LogP contribution in [0.5, 0.6) is 0 Å². The minimum absolute atomic E-state index is 0.0110. The molecule has 1 N–H and O–H groups in total. The molecule has 1 heterocycles. The molecule has 0 aliphatic carbocycles. The maximum Gasteiger partial charge on any atom is 0.287 e. The highest BCUT2D eigenvalue weighted by Gasteiger charge is 2.22. The van der Waals surface area contributed by atoms with Crippen LogP contribution in [-0.4, -0.2) is 30.4 Å². The first-order chi connectivity index (χ1) is 14.3. The Morgan fingerprint density at radius 3 is 2.50 bits per heavy atom. The first-order valence-corrected chi connectivity index (χ1v) is 10.5. The van der Waals surface area contributed by atoms with E-state index in [1.54, 1.807) is 6.07 Å². The standard InChI is InChI=1S/C24H27ClN2O3/c1-5-27(6-2)20(17-9-7-8-10-19(17)25)14-26-24(29)22-13-21(28)18-12-15(3)11-16(4)23(18)30-22/h7-13,20H,5-6,14H2,1-4H3,(H,26,29)/t20-/m0/s1. The number of aryl methyl sites for hydroxylation is 2. The molecule has 0 aliphatic rings. The van der Waals surface area contributed by atoms with Crippen LogP contribution in [0.4, 0.5) is 0 Å². The van der Waals surface area contributed by atoms with E-state index in [1.165, 1.54) is 6.07 Å². The van der Waals surface area contributed by atoms with Crippen LogP contribution in [-0.2, 0) is 0 Å². The lowest BCUT2D eigenvalue weighted by atomic mass is 10.0. The van der Waals surface area contributed by atoms with Gasteiger partial charge in [-0.05, 0) is 55.8 Å². The van der Waals surface area contributed by atoms with Crippen LogP contribution < -0.4 is 10.7 Å². The molecule has 0 aliphatic heterocycles. The van der Waals surface area contributed by atoms with Crippen LogP contribution >= 0.6 is 11.6 Å². The Bertz CT molecular complexity index is 1120. The molecule has 0 fully saturated rings. The second-order valence-electron chi connectivity index (χ2n) is 7.40. The highest BCUT2D eigenvalue weighted by atomic mass is 35.5. The topological polar surface area (TPSA) is 62.6 Å². The fraction of sp³-hybridized carbons (Fsp3) is 0.333. The molecule has 1 aromatic heterocycles. The fourth-order valence-corrected chi connectivity index (χ4v) is 4.10.